The van der Waals surface area contributed by atoms with Gasteiger partial charge in [-0.3, -0.25) is 14.9 Å². The Kier molecular flexibility index (Phi) is 5.14. The minimum Gasteiger partial charge on any atom is -0.489 e. The lowest BCUT2D eigenvalue weighted by Gasteiger charge is -2.08. The average molecular weight is 380 g/mol. The van der Waals surface area contributed by atoms with Crippen LogP contribution in [0, 0.1) is 0 Å². The van der Waals surface area contributed by atoms with Gasteiger partial charge in [0.2, 0.25) is 0 Å². The predicted octanol–water partition coefficient (Wildman–Crippen LogP) is 4.90. The molecule has 122 valence electrons. The van der Waals surface area contributed by atoms with Gasteiger partial charge < -0.3 is 4.74 Å². The van der Waals surface area contributed by atoms with Crippen molar-refractivity contribution in [1.82, 2.24) is 5.32 Å². The number of thioether (sulfide) groups is 1. The van der Waals surface area contributed by atoms with E-state index in [-0.39, 0.29) is 11.1 Å². The molecule has 0 saturated carbocycles. The Hall–Kier alpha value is -1.95. The Morgan fingerprint density at radius 1 is 1.08 bits per heavy atom. The van der Waals surface area contributed by atoms with Crippen molar-refractivity contribution in [2.45, 2.75) is 6.61 Å². The van der Waals surface area contributed by atoms with E-state index >= 15 is 0 Å². The number of carbonyl (C=O) groups excluding carboxylic acids is 2. The van der Waals surface area contributed by atoms with Crippen LogP contribution in [0.5, 0.6) is 5.75 Å². The van der Waals surface area contributed by atoms with Gasteiger partial charge >= 0.3 is 0 Å². The molecule has 1 aliphatic rings. The summed E-state index contributed by atoms with van der Waals surface area (Å²) < 4.78 is 5.73. The number of hydrogen-bond donors (Lipinski definition) is 1. The summed E-state index contributed by atoms with van der Waals surface area (Å²) >= 11 is 12.7. The lowest BCUT2D eigenvalue weighted by atomic mass is 10.2. The van der Waals surface area contributed by atoms with E-state index in [9.17, 15) is 9.59 Å². The van der Waals surface area contributed by atoms with E-state index in [2.05, 4.69) is 5.32 Å². The van der Waals surface area contributed by atoms with E-state index in [0.29, 0.717) is 27.3 Å². The van der Waals surface area contributed by atoms with Crippen LogP contribution in [-0.2, 0) is 11.4 Å². The number of imide groups is 1. The number of halogens is 2. The number of carbonyl (C=O) groups is 2. The van der Waals surface area contributed by atoms with Gasteiger partial charge in [-0.25, -0.2) is 0 Å². The first-order chi connectivity index (χ1) is 11.5. The molecule has 2 aromatic rings. The van der Waals surface area contributed by atoms with Gasteiger partial charge in [0.1, 0.15) is 12.4 Å². The third-order valence-corrected chi connectivity index (χ3v) is 4.74. The summed E-state index contributed by atoms with van der Waals surface area (Å²) in [6.07, 6.45) is 1.65. The second kappa shape index (κ2) is 7.30. The fraction of sp³-hybridized carbons (Fsp3) is 0.0588. The molecule has 0 unspecified atom stereocenters. The normalized spacial score (nSPS) is 15.7. The van der Waals surface area contributed by atoms with Gasteiger partial charge in [-0.2, -0.15) is 0 Å². The van der Waals surface area contributed by atoms with E-state index in [1.165, 1.54) is 0 Å². The van der Waals surface area contributed by atoms with E-state index in [1.807, 2.05) is 24.3 Å². The van der Waals surface area contributed by atoms with Crippen LogP contribution in [-0.4, -0.2) is 11.1 Å². The molecule has 0 spiro atoms. The monoisotopic (exact) mass is 379 g/mol. The summed E-state index contributed by atoms with van der Waals surface area (Å²) in [5, 5.41) is 2.83. The minimum atomic E-state index is -0.382. The molecule has 24 heavy (non-hydrogen) atoms. The third kappa shape index (κ3) is 4.12. The van der Waals surface area contributed by atoms with Crippen LogP contribution in [0.1, 0.15) is 11.1 Å². The zero-order chi connectivity index (χ0) is 17.1. The lowest BCUT2D eigenvalue weighted by molar-refractivity contribution is -0.115. The molecule has 1 heterocycles. The quantitative estimate of drug-likeness (QED) is 0.767. The Morgan fingerprint density at radius 3 is 2.62 bits per heavy atom. The second-order valence-corrected chi connectivity index (χ2v) is 6.79. The molecular weight excluding hydrogens is 369 g/mol. The second-order valence-electron chi connectivity index (χ2n) is 4.96. The fourth-order valence-electron chi connectivity index (χ4n) is 2.06. The van der Waals surface area contributed by atoms with Crippen molar-refractivity contribution in [3.63, 3.8) is 0 Å². The lowest BCUT2D eigenvalue weighted by Crippen LogP contribution is -2.17. The van der Waals surface area contributed by atoms with Crippen molar-refractivity contribution in [1.29, 1.82) is 0 Å². The first kappa shape index (κ1) is 16.9. The maximum Gasteiger partial charge on any atom is 0.290 e. The van der Waals surface area contributed by atoms with Crippen molar-refractivity contribution in [3.05, 3.63) is 68.5 Å². The smallest absolute Gasteiger partial charge is 0.290 e. The van der Waals surface area contributed by atoms with Crippen LogP contribution in [0.25, 0.3) is 6.08 Å². The number of rotatable bonds is 4. The molecule has 3 rings (SSSR count). The number of amides is 2. The molecule has 2 aromatic carbocycles. The van der Waals surface area contributed by atoms with Gasteiger partial charge in [-0.05, 0) is 53.2 Å². The van der Waals surface area contributed by atoms with Gasteiger partial charge in [-0.1, -0.05) is 41.4 Å². The largest absolute Gasteiger partial charge is 0.489 e. The first-order valence-corrected chi connectivity index (χ1v) is 8.50. The first-order valence-electron chi connectivity index (χ1n) is 6.93. The number of hydrogen-bond acceptors (Lipinski definition) is 4. The molecule has 0 bridgehead atoms. The molecule has 0 radical (unpaired) electrons. The van der Waals surface area contributed by atoms with E-state index in [4.69, 9.17) is 27.9 Å². The molecule has 1 saturated heterocycles. The van der Waals surface area contributed by atoms with Crippen molar-refractivity contribution in [3.8, 4) is 5.75 Å². The molecular formula is C17H11Cl2NO3S. The third-order valence-electron chi connectivity index (χ3n) is 3.19. The topological polar surface area (TPSA) is 55.4 Å². The Labute approximate surface area is 152 Å². The van der Waals surface area contributed by atoms with E-state index in [1.54, 1.807) is 24.3 Å². The van der Waals surface area contributed by atoms with Crippen molar-refractivity contribution in [2.75, 3.05) is 0 Å². The summed E-state index contributed by atoms with van der Waals surface area (Å²) in [7, 11) is 0. The van der Waals surface area contributed by atoms with Crippen molar-refractivity contribution < 1.29 is 14.3 Å². The standard InChI is InChI=1S/C17H11Cl2NO3S/c18-13-5-4-11(7-14(13)19)9-23-12-3-1-2-10(6-12)8-15-16(21)20-17(22)24-15/h1-8H,9H2,(H,20,21,22)/b15-8-. The maximum absolute atomic E-state index is 11.6. The summed E-state index contributed by atoms with van der Waals surface area (Å²) in [6.45, 7) is 0.338. The highest BCUT2D eigenvalue weighted by atomic mass is 35.5. The van der Waals surface area contributed by atoms with Crippen LogP contribution >= 0.6 is 35.0 Å². The highest BCUT2D eigenvalue weighted by Gasteiger charge is 2.24. The SMILES string of the molecule is O=C1NC(=O)/C(=C/c2cccc(OCc3ccc(Cl)c(Cl)c3)c2)S1. The van der Waals surface area contributed by atoms with Crippen LogP contribution in [0.4, 0.5) is 4.79 Å². The zero-order valence-corrected chi connectivity index (χ0v) is 14.5. The zero-order valence-electron chi connectivity index (χ0n) is 12.2. The number of ether oxygens (including phenoxy) is 1. The highest BCUT2D eigenvalue weighted by Crippen LogP contribution is 2.27. The molecule has 0 aromatic heterocycles. The molecule has 2 amide bonds. The molecule has 1 N–H and O–H groups in total. The minimum absolute atomic E-state index is 0.338. The van der Waals surface area contributed by atoms with E-state index < -0.39 is 0 Å². The summed E-state index contributed by atoms with van der Waals surface area (Å²) in [6, 6.07) is 12.6. The van der Waals surface area contributed by atoms with Crippen LogP contribution in [0.3, 0.4) is 0 Å². The van der Waals surface area contributed by atoms with Crippen LogP contribution in [0.15, 0.2) is 47.4 Å². The van der Waals surface area contributed by atoms with Gasteiger partial charge in [0.05, 0.1) is 15.0 Å². The van der Waals surface area contributed by atoms with Crippen molar-refractivity contribution in [2.24, 2.45) is 0 Å². The maximum atomic E-state index is 11.6. The Bertz CT molecular complexity index is 851. The van der Waals surface area contributed by atoms with Gasteiger partial charge in [0, 0.05) is 0 Å². The molecule has 4 nitrogen and oxygen atoms in total. The summed E-state index contributed by atoms with van der Waals surface area (Å²) in [4.78, 5) is 23.1. The van der Waals surface area contributed by atoms with Gasteiger partial charge in [-0.15, -0.1) is 0 Å². The predicted molar refractivity (Wildman–Crippen MR) is 96.3 cm³/mol. The number of nitrogens with one attached hydrogen (secondary N) is 1. The molecule has 0 atom stereocenters. The van der Waals surface area contributed by atoms with Gasteiger partial charge in [0.15, 0.2) is 0 Å². The van der Waals surface area contributed by atoms with Crippen molar-refractivity contribution >= 4 is 52.2 Å². The number of benzene rings is 2. The highest BCUT2D eigenvalue weighted by molar-refractivity contribution is 8.18. The summed E-state index contributed by atoms with van der Waals surface area (Å²) in [5.41, 5.74) is 1.67. The van der Waals surface area contributed by atoms with Gasteiger partial charge in [0.25, 0.3) is 11.1 Å². The summed E-state index contributed by atoms with van der Waals surface area (Å²) in [5.74, 6) is 0.261. The Balaban J connectivity index is 1.71. The fourth-order valence-corrected chi connectivity index (χ4v) is 3.07. The molecule has 1 aliphatic heterocycles. The average Bonchev–Trinajstić information content (AvgIpc) is 2.86. The molecule has 1 fully saturated rings. The van der Waals surface area contributed by atoms with Crippen LogP contribution < -0.4 is 10.1 Å². The Morgan fingerprint density at radius 2 is 1.92 bits per heavy atom. The molecule has 7 heteroatoms. The molecule has 0 aliphatic carbocycles. The van der Waals surface area contributed by atoms with E-state index in [0.717, 1.165) is 22.9 Å². The van der Waals surface area contributed by atoms with Crippen LogP contribution in [0.2, 0.25) is 10.0 Å².